The van der Waals surface area contributed by atoms with Crippen LogP contribution in [-0.4, -0.2) is 30.3 Å². The minimum Gasteiger partial charge on any atom is -0.482 e. The van der Waals surface area contributed by atoms with Crippen LogP contribution in [0.15, 0.2) is 58.4 Å². The van der Waals surface area contributed by atoms with Crippen molar-refractivity contribution in [3.05, 3.63) is 64.8 Å². The average Bonchev–Trinajstić information content (AvgIpc) is 3.02. The first-order valence-electron chi connectivity index (χ1n) is 8.48. The zero-order valence-electron chi connectivity index (χ0n) is 15.0. The summed E-state index contributed by atoms with van der Waals surface area (Å²) in [6.07, 6.45) is 1.69. The van der Waals surface area contributed by atoms with E-state index in [1.54, 1.807) is 49.4 Å². The van der Waals surface area contributed by atoms with Crippen molar-refractivity contribution in [3.63, 3.8) is 0 Å². The highest BCUT2D eigenvalue weighted by molar-refractivity contribution is 8.18. The predicted octanol–water partition coefficient (Wildman–Crippen LogP) is 3.66. The van der Waals surface area contributed by atoms with Gasteiger partial charge in [-0.15, -0.1) is 0 Å². The number of aliphatic imine (C=N–C) groups is 1. The Morgan fingerprint density at radius 3 is 2.68 bits per heavy atom. The number of nitrogens with one attached hydrogen (secondary N) is 1. The molecule has 1 saturated heterocycles. The topological polar surface area (TPSA) is 77.0 Å². The van der Waals surface area contributed by atoms with E-state index in [1.165, 1.54) is 12.1 Å². The SMILES string of the molecule is CCOC(=O)COc1ccc(/C=C2\SC(=Nc3ccccc3F)NC2=O)cc1. The second kappa shape index (κ2) is 9.18. The first kappa shape index (κ1) is 19.6. The number of para-hydroxylation sites is 1. The van der Waals surface area contributed by atoms with Gasteiger partial charge in [-0.3, -0.25) is 4.79 Å². The molecule has 6 nitrogen and oxygen atoms in total. The minimum atomic E-state index is -0.458. The van der Waals surface area contributed by atoms with Gasteiger partial charge < -0.3 is 14.8 Å². The molecule has 2 aromatic carbocycles. The molecule has 0 unspecified atom stereocenters. The summed E-state index contributed by atoms with van der Waals surface area (Å²) in [6, 6.07) is 13.0. The van der Waals surface area contributed by atoms with Crippen molar-refractivity contribution in [1.82, 2.24) is 5.32 Å². The number of thioether (sulfide) groups is 1. The summed E-state index contributed by atoms with van der Waals surface area (Å²) in [6.45, 7) is 1.86. The zero-order valence-corrected chi connectivity index (χ0v) is 15.8. The molecule has 1 amide bonds. The summed E-state index contributed by atoms with van der Waals surface area (Å²) in [5.41, 5.74) is 0.933. The molecule has 0 aliphatic carbocycles. The van der Waals surface area contributed by atoms with Crippen LogP contribution in [0.2, 0.25) is 0 Å². The van der Waals surface area contributed by atoms with Crippen molar-refractivity contribution in [2.45, 2.75) is 6.92 Å². The summed E-state index contributed by atoms with van der Waals surface area (Å²) in [5.74, 6) is -0.682. The normalized spacial score (nSPS) is 16.3. The number of amides is 1. The summed E-state index contributed by atoms with van der Waals surface area (Å²) < 4.78 is 23.8. The summed E-state index contributed by atoms with van der Waals surface area (Å²) in [4.78, 5) is 28.0. The lowest BCUT2D eigenvalue weighted by atomic mass is 10.2. The molecule has 0 saturated carbocycles. The number of carbonyl (C=O) groups is 2. The fourth-order valence-electron chi connectivity index (χ4n) is 2.29. The van der Waals surface area contributed by atoms with E-state index in [2.05, 4.69) is 10.3 Å². The summed E-state index contributed by atoms with van der Waals surface area (Å²) >= 11 is 1.13. The molecule has 1 fully saturated rings. The van der Waals surface area contributed by atoms with Gasteiger partial charge >= 0.3 is 5.97 Å². The molecule has 0 radical (unpaired) electrons. The Hall–Kier alpha value is -3.13. The van der Waals surface area contributed by atoms with E-state index < -0.39 is 11.8 Å². The summed E-state index contributed by atoms with van der Waals surface area (Å²) in [7, 11) is 0. The predicted molar refractivity (Wildman–Crippen MR) is 106 cm³/mol. The van der Waals surface area contributed by atoms with Crippen LogP contribution in [0.1, 0.15) is 12.5 Å². The van der Waals surface area contributed by atoms with Crippen LogP contribution >= 0.6 is 11.8 Å². The highest BCUT2D eigenvalue weighted by atomic mass is 32.2. The van der Waals surface area contributed by atoms with Crippen LogP contribution in [0.25, 0.3) is 6.08 Å². The van der Waals surface area contributed by atoms with Crippen molar-refractivity contribution in [2.75, 3.05) is 13.2 Å². The molecule has 3 rings (SSSR count). The second-order valence-corrected chi connectivity index (χ2v) is 6.63. The van der Waals surface area contributed by atoms with Gasteiger partial charge in [0.05, 0.1) is 11.5 Å². The third-order valence-corrected chi connectivity index (χ3v) is 4.48. The van der Waals surface area contributed by atoms with E-state index in [1.807, 2.05) is 0 Å². The Bertz CT molecular complexity index is 941. The first-order valence-corrected chi connectivity index (χ1v) is 9.29. The highest BCUT2D eigenvalue weighted by Crippen LogP contribution is 2.29. The largest absolute Gasteiger partial charge is 0.482 e. The van der Waals surface area contributed by atoms with Crippen LogP contribution in [0, 0.1) is 5.82 Å². The Kier molecular flexibility index (Phi) is 6.44. The van der Waals surface area contributed by atoms with Crippen molar-refractivity contribution < 1.29 is 23.5 Å². The van der Waals surface area contributed by atoms with Crippen molar-refractivity contribution in [3.8, 4) is 5.75 Å². The Morgan fingerprint density at radius 2 is 1.96 bits per heavy atom. The number of hydrogen-bond donors (Lipinski definition) is 1. The van der Waals surface area contributed by atoms with Crippen molar-refractivity contribution >= 4 is 40.6 Å². The quantitative estimate of drug-likeness (QED) is 0.592. The lowest BCUT2D eigenvalue weighted by Gasteiger charge is -2.05. The molecule has 1 heterocycles. The van der Waals surface area contributed by atoms with Gasteiger partial charge in [0.25, 0.3) is 5.91 Å². The fourth-order valence-corrected chi connectivity index (χ4v) is 3.12. The van der Waals surface area contributed by atoms with E-state index in [0.29, 0.717) is 22.4 Å². The first-order chi connectivity index (χ1) is 13.5. The molecule has 144 valence electrons. The number of esters is 1. The van der Waals surface area contributed by atoms with E-state index >= 15 is 0 Å². The summed E-state index contributed by atoms with van der Waals surface area (Å²) in [5, 5.41) is 2.93. The fraction of sp³-hybridized carbons (Fsp3) is 0.150. The number of benzene rings is 2. The van der Waals surface area contributed by atoms with Crippen LogP contribution in [0.3, 0.4) is 0 Å². The molecular formula is C20H17FN2O4S. The molecule has 0 aromatic heterocycles. The van der Waals surface area contributed by atoms with Gasteiger partial charge in [0.2, 0.25) is 0 Å². The van der Waals surface area contributed by atoms with Crippen LogP contribution in [-0.2, 0) is 14.3 Å². The molecular weight excluding hydrogens is 383 g/mol. The maximum absolute atomic E-state index is 13.7. The number of ether oxygens (including phenoxy) is 2. The van der Waals surface area contributed by atoms with E-state index in [0.717, 1.165) is 17.3 Å². The lowest BCUT2D eigenvalue weighted by Crippen LogP contribution is -2.19. The van der Waals surface area contributed by atoms with Gasteiger partial charge in [-0.05, 0) is 54.6 Å². The monoisotopic (exact) mass is 400 g/mol. The minimum absolute atomic E-state index is 0.162. The van der Waals surface area contributed by atoms with Gasteiger partial charge in [0.15, 0.2) is 11.8 Å². The molecule has 28 heavy (non-hydrogen) atoms. The Balaban J connectivity index is 1.66. The Morgan fingerprint density at radius 1 is 1.21 bits per heavy atom. The van der Waals surface area contributed by atoms with Crippen molar-refractivity contribution in [1.29, 1.82) is 0 Å². The van der Waals surface area contributed by atoms with Gasteiger partial charge in [-0.1, -0.05) is 24.3 Å². The molecule has 8 heteroatoms. The number of rotatable bonds is 6. The smallest absolute Gasteiger partial charge is 0.344 e. The number of hydrogen-bond acceptors (Lipinski definition) is 6. The van der Waals surface area contributed by atoms with Crippen LogP contribution < -0.4 is 10.1 Å². The Labute approximate surface area is 165 Å². The second-order valence-electron chi connectivity index (χ2n) is 5.60. The van der Waals surface area contributed by atoms with Gasteiger partial charge in [-0.2, -0.15) is 0 Å². The van der Waals surface area contributed by atoms with E-state index in [-0.39, 0.29) is 18.2 Å². The van der Waals surface area contributed by atoms with Crippen molar-refractivity contribution in [2.24, 2.45) is 4.99 Å². The molecule has 1 aliphatic heterocycles. The number of halogens is 1. The molecule has 0 atom stereocenters. The number of amidine groups is 1. The number of carbonyl (C=O) groups excluding carboxylic acids is 2. The lowest BCUT2D eigenvalue weighted by molar-refractivity contribution is -0.145. The molecule has 1 aliphatic rings. The van der Waals surface area contributed by atoms with Crippen LogP contribution in [0.4, 0.5) is 10.1 Å². The molecule has 0 bridgehead atoms. The average molecular weight is 400 g/mol. The third kappa shape index (κ3) is 5.20. The highest BCUT2D eigenvalue weighted by Gasteiger charge is 2.24. The third-order valence-electron chi connectivity index (χ3n) is 3.57. The standard InChI is InChI=1S/C20H17FN2O4S/c1-2-26-18(24)12-27-14-9-7-13(8-10-14)11-17-19(25)23-20(28-17)22-16-6-4-3-5-15(16)21/h3-11H,2,12H2,1H3,(H,22,23,25)/b17-11-. The maximum Gasteiger partial charge on any atom is 0.344 e. The maximum atomic E-state index is 13.7. The molecule has 2 aromatic rings. The van der Waals surface area contributed by atoms with E-state index in [9.17, 15) is 14.0 Å². The zero-order chi connectivity index (χ0) is 19.9. The van der Waals surface area contributed by atoms with Crippen LogP contribution in [0.5, 0.6) is 5.75 Å². The van der Waals surface area contributed by atoms with Gasteiger partial charge in [0.1, 0.15) is 17.3 Å². The number of nitrogens with zero attached hydrogens (tertiary/aromatic N) is 1. The molecule has 0 spiro atoms. The van der Waals surface area contributed by atoms with Gasteiger partial charge in [0, 0.05) is 0 Å². The van der Waals surface area contributed by atoms with E-state index in [4.69, 9.17) is 9.47 Å². The molecule has 1 N–H and O–H groups in total. The van der Waals surface area contributed by atoms with Gasteiger partial charge in [-0.25, -0.2) is 14.2 Å².